The molecule has 3 aromatic carbocycles. The first-order valence-electron chi connectivity index (χ1n) is 10.2. The molecule has 0 atom stereocenters. The number of rotatable bonds is 7. The Morgan fingerprint density at radius 1 is 1.06 bits per heavy atom. The molecule has 0 saturated carbocycles. The molecule has 0 saturated heterocycles. The molecule has 4 aromatic rings. The molecule has 1 aromatic heterocycles. The van der Waals surface area contributed by atoms with Gasteiger partial charge in [0.2, 0.25) is 5.91 Å². The third-order valence-corrected chi connectivity index (χ3v) is 6.01. The van der Waals surface area contributed by atoms with Gasteiger partial charge in [0.1, 0.15) is 5.82 Å². The molecular formula is C25H22FN3O2S. The molecule has 1 amide bonds. The summed E-state index contributed by atoms with van der Waals surface area (Å²) < 4.78 is 15.6. The van der Waals surface area contributed by atoms with Crippen LogP contribution in [0.2, 0.25) is 0 Å². The number of nitrogens with one attached hydrogen (secondary N) is 1. The Bertz CT molecular complexity index is 1320. The van der Waals surface area contributed by atoms with E-state index in [1.165, 1.54) is 10.6 Å². The zero-order chi connectivity index (χ0) is 22.5. The molecule has 0 bridgehead atoms. The fraction of sp³-hybridized carbons (Fsp3) is 0.160. The van der Waals surface area contributed by atoms with Crippen molar-refractivity contribution in [3.8, 4) is 5.69 Å². The Kier molecular flexibility index (Phi) is 6.66. The van der Waals surface area contributed by atoms with Gasteiger partial charge in [-0.25, -0.2) is 9.37 Å². The number of benzene rings is 3. The van der Waals surface area contributed by atoms with Gasteiger partial charge in [0.25, 0.3) is 5.56 Å². The minimum atomic E-state index is -0.405. The predicted molar refractivity (Wildman–Crippen MR) is 126 cm³/mol. The fourth-order valence-corrected chi connectivity index (χ4v) is 4.17. The van der Waals surface area contributed by atoms with Gasteiger partial charge in [-0.3, -0.25) is 14.2 Å². The molecule has 1 heterocycles. The zero-order valence-electron chi connectivity index (χ0n) is 17.5. The van der Waals surface area contributed by atoms with Gasteiger partial charge in [0, 0.05) is 6.54 Å². The summed E-state index contributed by atoms with van der Waals surface area (Å²) in [5, 5.41) is 3.67. The maximum atomic E-state index is 14.2. The van der Waals surface area contributed by atoms with E-state index >= 15 is 0 Å². The Balaban J connectivity index is 1.56. The lowest BCUT2D eigenvalue weighted by molar-refractivity contribution is -0.118. The van der Waals surface area contributed by atoms with Gasteiger partial charge in [0.15, 0.2) is 5.16 Å². The largest absolute Gasteiger partial charge is 0.355 e. The first-order chi connectivity index (χ1) is 15.5. The van der Waals surface area contributed by atoms with Gasteiger partial charge in [-0.2, -0.15) is 0 Å². The van der Waals surface area contributed by atoms with Crippen LogP contribution in [0.15, 0.2) is 82.7 Å². The van der Waals surface area contributed by atoms with Crippen molar-refractivity contribution < 1.29 is 9.18 Å². The van der Waals surface area contributed by atoms with Crippen molar-refractivity contribution in [1.82, 2.24) is 14.9 Å². The lowest BCUT2D eigenvalue weighted by Gasteiger charge is -2.14. The predicted octanol–water partition coefficient (Wildman–Crippen LogP) is 4.28. The van der Waals surface area contributed by atoms with Crippen LogP contribution in [0.4, 0.5) is 4.39 Å². The van der Waals surface area contributed by atoms with Crippen LogP contribution in [0.1, 0.15) is 11.1 Å². The molecule has 0 radical (unpaired) electrons. The molecule has 0 spiro atoms. The number of nitrogens with zero attached hydrogens (tertiary/aromatic N) is 2. The van der Waals surface area contributed by atoms with Crippen molar-refractivity contribution in [2.75, 3.05) is 12.3 Å². The molecule has 0 aliphatic rings. The van der Waals surface area contributed by atoms with Crippen LogP contribution in [-0.2, 0) is 11.2 Å². The molecular weight excluding hydrogens is 425 g/mol. The van der Waals surface area contributed by atoms with Gasteiger partial charge in [-0.1, -0.05) is 60.3 Å². The molecule has 162 valence electrons. The van der Waals surface area contributed by atoms with Crippen LogP contribution in [0.25, 0.3) is 16.6 Å². The third-order valence-electron chi connectivity index (χ3n) is 5.07. The molecule has 1 N–H and O–H groups in total. The number of carbonyl (C=O) groups is 1. The van der Waals surface area contributed by atoms with Crippen molar-refractivity contribution in [3.63, 3.8) is 0 Å². The monoisotopic (exact) mass is 447 g/mol. The highest BCUT2D eigenvalue weighted by Crippen LogP contribution is 2.22. The maximum absolute atomic E-state index is 14.2. The molecule has 0 fully saturated rings. The second kappa shape index (κ2) is 9.78. The first-order valence-corrected chi connectivity index (χ1v) is 11.2. The molecule has 0 unspecified atom stereocenters. The van der Waals surface area contributed by atoms with Gasteiger partial charge in [0.05, 0.1) is 22.3 Å². The molecule has 7 heteroatoms. The van der Waals surface area contributed by atoms with Crippen molar-refractivity contribution in [2.45, 2.75) is 18.5 Å². The SMILES string of the molecule is Cc1ccc(-n2c(SCC(=O)NCCc3ccccc3)nc3ccccc3c2=O)cc1F. The van der Waals surface area contributed by atoms with Gasteiger partial charge < -0.3 is 5.32 Å². The highest BCUT2D eigenvalue weighted by molar-refractivity contribution is 7.99. The Morgan fingerprint density at radius 2 is 1.81 bits per heavy atom. The van der Waals surface area contributed by atoms with Crippen molar-refractivity contribution >= 4 is 28.6 Å². The van der Waals surface area contributed by atoms with E-state index in [4.69, 9.17) is 0 Å². The van der Waals surface area contributed by atoms with E-state index in [2.05, 4.69) is 10.3 Å². The summed E-state index contributed by atoms with van der Waals surface area (Å²) in [6, 6.07) is 21.5. The zero-order valence-corrected chi connectivity index (χ0v) is 18.4. The lowest BCUT2D eigenvalue weighted by Crippen LogP contribution is -2.28. The van der Waals surface area contributed by atoms with E-state index in [0.717, 1.165) is 23.7 Å². The molecule has 5 nitrogen and oxygen atoms in total. The minimum Gasteiger partial charge on any atom is -0.355 e. The lowest BCUT2D eigenvalue weighted by atomic mass is 10.1. The smallest absolute Gasteiger partial charge is 0.266 e. The van der Waals surface area contributed by atoms with Crippen LogP contribution >= 0.6 is 11.8 Å². The molecule has 0 aliphatic carbocycles. The van der Waals surface area contributed by atoms with E-state index in [9.17, 15) is 14.0 Å². The van der Waals surface area contributed by atoms with Gasteiger partial charge in [-0.15, -0.1) is 0 Å². The summed E-state index contributed by atoms with van der Waals surface area (Å²) in [4.78, 5) is 30.2. The second-order valence-electron chi connectivity index (χ2n) is 7.36. The number of fused-ring (bicyclic) bond motifs is 1. The van der Waals surface area contributed by atoms with E-state index in [1.807, 2.05) is 30.3 Å². The quantitative estimate of drug-likeness (QED) is 0.339. The van der Waals surface area contributed by atoms with Crippen LogP contribution < -0.4 is 10.9 Å². The average molecular weight is 448 g/mol. The maximum Gasteiger partial charge on any atom is 0.266 e. The third kappa shape index (κ3) is 4.89. The Hall–Kier alpha value is -3.45. The van der Waals surface area contributed by atoms with Gasteiger partial charge in [-0.05, 0) is 48.7 Å². The highest BCUT2D eigenvalue weighted by atomic mass is 32.2. The molecule has 4 rings (SSSR count). The topological polar surface area (TPSA) is 64.0 Å². The summed E-state index contributed by atoms with van der Waals surface area (Å²) in [5.41, 5.74) is 2.25. The second-order valence-corrected chi connectivity index (χ2v) is 8.30. The van der Waals surface area contributed by atoms with Crippen LogP contribution in [0.3, 0.4) is 0 Å². The van der Waals surface area contributed by atoms with Crippen molar-refractivity contribution in [2.24, 2.45) is 0 Å². The summed E-state index contributed by atoms with van der Waals surface area (Å²) in [7, 11) is 0. The summed E-state index contributed by atoms with van der Waals surface area (Å²) in [5.74, 6) is -0.472. The number of halogens is 1. The van der Waals surface area contributed by atoms with E-state index in [-0.39, 0.29) is 17.2 Å². The number of hydrogen-bond acceptors (Lipinski definition) is 4. The number of aromatic nitrogens is 2. The number of amides is 1. The minimum absolute atomic E-state index is 0.0912. The molecule has 32 heavy (non-hydrogen) atoms. The first kappa shape index (κ1) is 21.8. The van der Waals surface area contributed by atoms with Crippen molar-refractivity contribution in [1.29, 1.82) is 0 Å². The van der Waals surface area contributed by atoms with E-state index in [1.54, 1.807) is 43.3 Å². The normalized spacial score (nSPS) is 10.9. The highest BCUT2D eigenvalue weighted by Gasteiger charge is 2.15. The summed E-state index contributed by atoms with van der Waals surface area (Å²) in [6.45, 7) is 2.18. The average Bonchev–Trinajstić information content (AvgIpc) is 2.80. The van der Waals surface area contributed by atoms with Crippen molar-refractivity contribution in [3.05, 3.63) is 100 Å². The summed E-state index contributed by atoms with van der Waals surface area (Å²) in [6.07, 6.45) is 0.735. The Morgan fingerprint density at radius 3 is 2.59 bits per heavy atom. The standard InChI is InChI=1S/C25H22FN3O2S/c1-17-11-12-19(15-21(17)26)29-24(31)20-9-5-6-10-22(20)28-25(29)32-16-23(30)27-14-13-18-7-3-2-4-8-18/h2-12,15H,13-14,16H2,1H3,(H,27,30). The number of para-hydroxylation sites is 1. The van der Waals surface area contributed by atoms with Crippen LogP contribution in [0, 0.1) is 12.7 Å². The number of carbonyl (C=O) groups excluding carboxylic acids is 1. The number of hydrogen-bond donors (Lipinski definition) is 1. The van der Waals surface area contributed by atoms with Crippen LogP contribution in [-0.4, -0.2) is 27.8 Å². The van der Waals surface area contributed by atoms with Crippen LogP contribution in [0.5, 0.6) is 0 Å². The summed E-state index contributed by atoms with van der Waals surface area (Å²) >= 11 is 1.15. The molecule has 0 aliphatic heterocycles. The van der Waals surface area contributed by atoms with E-state index < -0.39 is 5.82 Å². The van der Waals surface area contributed by atoms with Gasteiger partial charge >= 0.3 is 0 Å². The number of aryl methyl sites for hydroxylation is 1. The number of thioether (sulfide) groups is 1. The van der Waals surface area contributed by atoms with E-state index in [0.29, 0.717) is 33.9 Å². The fourth-order valence-electron chi connectivity index (χ4n) is 3.33. The Labute approximate surface area is 189 Å².